The summed E-state index contributed by atoms with van der Waals surface area (Å²) in [6, 6.07) is 10.1. The highest BCUT2D eigenvalue weighted by molar-refractivity contribution is 6.34. The molecule has 1 amide bonds. The van der Waals surface area contributed by atoms with Crippen LogP contribution in [-0.4, -0.2) is 25.6 Å². The van der Waals surface area contributed by atoms with Crippen molar-refractivity contribution in [3.8, 4) is 5.75 Å². The molecule has 0 unspecified atom stereocenters. The van der Waals surface area contributed by atoms with Gasteiger partial charge in [0.2, 0.25) is 0 Å². The van der Waals surface area contributed by atoms with Gasteiger partial charge in [-0.3, -0.25) is 4.79 Å². The Hall–Kier alpha value is -2.53. The number of benzene rings is 2. The zero-order valence-corrected chi connectivity index (χ0v) is 14.4. The minimum atomic E-state index is -0.466. The number of nitrogens with one attached hydrogen (secondary N) is 1. The normalized spacial score (nSPS) is 10.2. The van der Waals surface area contributed by atoms with Gasteiger partial charge >= 0.3 is 5.97 Å². The van der Waals surface area contributed by atoms with Crippen LogP contribution in [0.15, 0.2) is 36.4 Å². The SMILES string of the molecule is COC(=O)c1cccc(OCC(=O)Nc2c(C)cc(C)cc2Cl)c1. The molecule has 0 saturated carbocycles. The van der Waals surface area contributed by atoms with Crippen molar-refractivity contribution in [2.75, 3.05) is 19.0 Å². The van der Waals surface area contributed by atoms with Crippen LogP contribution < -0.4 is 10.1 Å². The second kappa shape index (κ2) is 7.84. The number of carbonyl (C=O) groups excluding carboxylic acids is 2. The zero-order valence-electron chi connectivity index (χ0n) is 13.7. The van der Waals surface area contributed by atoms with Crippen LogP contribution in [0.3, 0.4) is 0 Å². The summed E-state index contributed by atoms with van der Waals surface area (Å²) in [4.78, 5) is 23.5. The number of ether oxygens (including phenoxy) is 2. The lowest BCUT2D eigenvalue weighted by atomic mass is 10.1. The fourth-order valence-corrected chi connectivity index (χ4v) is 2.60. The Morgan fingerprint density at radius 3 is 2.58 bits per heavy atom. The number of amides is 1. The summed E-state index contributed by atoms with van der Waals surface area (Å²) in [6.07, 6.45) is 0. The van der Waals surface area contributed by atoms with E-state index in [4.69, 9.17) is 16.3 Å². The topological polar surface area (TPSA) is 64.6 Å². The fourth-order valence-electron chi connectivity index (χ4n) is 2.23. The van der Waals surface area contributed by atoms with E-state index in [1.165, 1.54) is 13.2 Å². The van der Waals surface area contributed by atoms with E-state index in [1.807, 2.05) is 19.9 Å². The first-order valence-corrected chi connectivity index (χ1v) is 7.66. The van der Waals surface area contributed by atoms with Crippen LogP contribution >= 0.6 is 11.6 Å². The first-order chi connectivity index (χ1) is 11.4. The highest BCUT2D eigenvalue weighted by atomic mass is 35.5. The Kier molecular flexibility index (Phi) is 5.82. The predicted octanol–water partition coefficient (Wildman–Crippen LogP) is 3.76. The highest BCUT2D eigenvalue weighted by Crippen LogP contribution is 2.27. The van der Waals surface area contributed by atoms with Gasteiger partial charge in [-0.25, -0.2) is 4.79 Å². The minimum absolute atomic E-state index is 0.200. The quantitative estimate of drug-likeness (QED) is 0.836. The largest absolute Gasteiger partial charge is 0.484 e. The van der Waals surface area contributed by atoms with Crippen LogP contribution in [0.25, 0.3) is 0 Å². The average Bonchev–Trinajstić information content (AvgIpc) is 2.55. The van der Waals surface area contributed by atoms with Gasteiger partial charge in [0.15, 0.2) is 6.61 Å². The van der Waals surface area contributed by atoms with E-state index in [0.717, 1.165) is 11.1 Å². The summed E-state index contributed by atoms with van der Waals surface area (Å²) >= 11 is 6.16. The zero-order chi connectivity index (χ0) is 17.7. The van der Waals surface area contributed by atoms with Crippen molar-refractivity contribution in [2.45, 2.75) is 13.8 Å². The number of hydrogen-bond donors (Lipinski definition) is 1. The van der Waals surface area contributed by atoms with Crippen molar-refractivity contribution in [1.29, 1.82) is 0 Å². The molecule has 0 heterocycles. The second-order valence-corrected chi connectivity index (χ2v) is 5.70. The molecule has 0 fully saturated rings. The van der Waals surface area contributed by atoms with Crippen LogP contribution in [0.2, 0.25) is 5.02 Å². The number of aryl methyl sites for hydroxylation is 2. The molecule has 6 heteroatoms. The monoisotopic (exact) mass is 347 g/mol. The van der Waals surface area contributed by atoms with E-state index in [2.05, 4.69) is 10.1 Å². The molecule has 24 heavy (non-hydrogen) atoms. The Morgan fingerprint density at radius 1 is 1.17 bits per heavy atom. The summed E-state index contributed by atoms with van der Waals surface area (Å²) < 4.78 is 10.1. The minimum Gasteiger partial charge on any atom is -0.484 e. The molecule has 0 aliphatic rings. The molecule has 0 spiro atoms. The smallest absolute Gasteiger partial charge is 0.337 e. The summed E-state index contributed by atoms with van der Waals surface area (Å²) in [5.41, 5.74) is 2.82. The average molecular weight is 348 g/mol. The summed E-state index contributed by atoms with van der Waals surface area (Å²) in [5, 5.41) is 3.22. The lowest BCUT2D eigenvalue weighted by Crippen LogP contribution is -2.21. The number of rotatable bonds is 5. The van der Waals surface area contributed by atoms with E-state index < -0.39 is 5.97 Å². The van der Waals surface area contributed by atoms with Gasteiger partial charge in [0, 0.05) is 0 Å². The van der Waals surface area contributed by atoms with Crippen molar-refractivity contribution in [3.63, 3.8) is 0 Å². The third-order valence-corrected chi connectivity index (χ3v) is 3.62. The maximum atomic E-state index is 12.1. The Labute approximate surface area is 145 Å². The molecule has 1 N–H and O–H groups in total. The molecule has 0 atom stereocenters. The van der Waals surface area contributed by atoms with Crippen molar-refractivity contribution >= 4 is 29.2 Å². The van der Waals surface area contributed by atoms with E-state index in [0.29, 0.717) is 22.0 Å². The molecule has 2 aromatic carbocycles. The molecule has 0 aliphatic heterocycles. The summed E-state index contributed by atoms with van der Waals surface area (Å²) in [5.74, 6) is -0.404. The highest BCUT2D eigenvalue weighted by Gasteiger charge is 2.11. The van der Waals surface area contributed by atoms with E-state index in [9.17, 15) is 9.59 Å². The van der Waals surface area contributed by atoms with Crippen LogP contribution in [-0.2, 0) is 9.53 Å². The molecule has 0 aliphatic carbocycles. The number of esters is 1. The van der Waals surface area contributed by atoms with E-state index >= 15 is 0 Å². The van der Waals surface area contributed by atoms with Gasteiger partial charge in [-0.05, 0) is 49.2 Å². The van der Waals surface area contributed by atoms with Gasteiger partial charge in [0.05, 0.1) is 23.4 Å². The van der Waals surface area contributed by atoms with Crippen LogP contribution in [0.5, 0.6) is 5.75 Å². The Bertz CT molecular complexity index is 750. The van der Waals surface area contributed by atoms with Gasteiger partial charge in [-0.1, -0.05) is 23.7 Å². The third kappa shape index (κ3) is 4.49. The summed E-state index contributed by atoms with van der Waals surface area (Å²) in [7, 11) is 1.30. The van der Waals surface area contributed by atoms with Gasteiger partial charge in [-0.15, -0.1) is 0 Å². The molecule has 0 radical (unpaired) electrons. The third-order valence-electron chi connectivity index (χ3n) is 3.32. The number of carbonyl (C=O) groups is 2. The fraction of sp³-hybridized carbons (Fsp3) is 0.222. The van der Waals surface area contributed by atoms with Crippen molar-refractivity contribution in [2.24, 2.45) is 0 Å². The maximum Gasteiger partial charge on any atom is 0.337 e. The van der Waals surface area contributed by atoms with E-state index in [-0.39, 0.29) is 12.5 Å². The van der Waals surface area contributed by atoms with Crippen molar-refractivity contribution in [1.82, 2.24) is 0 Å². The number of methoxy groups -OCH3 is 1. The molecular formula is C18H18ClNO4. The second-order valence-electron chi connectivity index (χ2n) is 5.29. The molecule has 5 nitrogen and oxygen atoms in total. The van der Waals surface area contributed by atoms with Crippen molar-refractivity contribution < 1.29 is 19.1 Å². The molecule has 0 aromatic heterocycles. The van der Waals surface area contributed by atoms with Crippen LogP contribution in [0.4, 0.5) is 5.69 Å². The molecule has 2 rings (SSSR count). The van der Waals surface area contributed by atoms with Gasteiger partial charge in [-0.2, -0.15) is 0 Å². The van der Waals surface area contributed by atoms with Crippen LogP contribution in [0.1, 0.15) is 21.5 Å². The maximum absolute atomic E-state index is 12.1. The summed E-state index contributed by atoms with van der Waals surface area (Å²) in [6.45, 7) is 3.60. The Morgan fingerprint density at radius 2 is 1.92 bits per heavy atom. The van der Waals surface area contributed by atoms with Crippen molar-refractivity contribution in [3.05, 3.63) is 58.1 Å². The lowest BCUT2D eigenvalue weighted by Gasteiger charge is -2.12. The predicted molar refractivity (Wildman–Crippen MR) is 92.8 cm³/mol. The molecule has 2 aromatic rings. The van der Waals surface area contributed by atoms with Crippen LogP contribution in [0, 0.1) is 13.8 Å². The Balaban J connectivity index is 2.00. The first kappa shape index (κ1) is 17.8. The molecule has 0 saturated heterocycles. The molecule has 126 valence electrons. The molecular weight excluding hydrogens is 330 g/mol. The first-order valence-electron chi connectivity index (χ1n) is 7.28. The van der Waals surface area contributed by atoms with E-state index in [1.54, 1.807) is 24.3 Å². The molecule has 0 bridgehead atoms. The number of halogens is 1. The standard InChI is InChI=1S/C18H18ClNO4/c1-11-7-12(2)17(15(19)8-11)20-16(21)10-24-14-6-4-5-13(9-14)18(22)23-3/h4-9H,10H2,1-3H3,(H,20,21). The lowest BCUT2D eigenvalue weighted by molar-refractivity contribution is -0.118. The number of anilines is 1. The van der Waals surface area contributed by atoms with Gasteiger partial charge in [0.1, 0.15) is 5.75 Å². The van der Waals surface area contributed by atoms with Gasteiger partial charge in [0.25, 0.3) is 5.91 Å². The number of hydrogen-bond acceptors (Lipinski definition) is 4. The van der Waals surface area contributed by atoms with Gasteiger partial charge < -0.3 is 14.8 Å².